The van der Waals surface area contributed by atoms with Gasteiger partial charge in [0.05, 0.1) is 11.7 Å². The molecule has 1 aliphatic rings. The van der Waals surface area contributed by atoms with Crippen LogP contribution in [0.4, 0.5) is 5.82 Å². The number of benzene rings is 1. The number of rotatable bonds is 4. The summed E-state index contributed by atoms with van der Waals surface area (Å²) in [6.07, 6.45) is 3.87. The molecule has 4 heterocycles. The average Bonchev–Trinajstić information content (AvgIpc) is 3.45. The van der Waals surface area contributed by atoms with Gasteiger partial charge in [0.2, 0.25) is 10.0 Å². The largest absolute Gasteiger partial charge is 0.354 e. The Morgan fingerprint density at radius 3 is 2.43 bits per heavy atom. The molecule has 5 rings (SSSR count). The summed E-state index contributed by atoms with van der Waals surface area (Å²) >= 11 is 1.02. The number of hydrogen-bond acceptors (Lipinski definition) is 8. The Bertz CT molecular complexity index is 1290. The van der Waals surface area contributed by atoms with Crippen LogP contribution in [0.3, 0.4) is 0 Å². The van der Waals surface area contributed by atoms with Gasteiger partial charge < -0.3 is 9.47 Å². The highest BCUT2D eigenvalue weighted by Gasteiger charge is 2.31. The Kier molecular flexibility index (Phi) is 4.72. The maximum absolute atomic E-state index is 13.2. The van der Waals surface area contributed by atoms with Crippen molar-refractivity contribution in [2.24, 2.45) is 0 Å². The lowest BCUT2D eigenvalue weighted by molar-refractivity contribution is 0.384. The minimum Gasteiger partial charge on any atom is -0.354 e. The van der Waals surface area contributed by atoms with Crippen molar-refractivity contribution in [1.82, 2.24) is 27.6 Å². The Hall–Kier alpha value is -2.89. The maximum Gasteiger partial charge on any atom is 0.245 e. The van der Waals surface area contributed by atoms with E-state index < -0.39 is 10.0 Å². The second kappa shape index (κ2) is 7.42. The summed E-state index contributed by atoms with van der Waals surface area (Å²) in [6, 6.07) is 10.9. The number of aryl methyl sites for hydroxylation is 1. The quantitative estimate of drug-likeness (QED) is 0.478. The molecule has 1 saturated heterocycles. The van der Waals surface area contributed by atoms with Crippen molar-refractivity contribution in [3.8, 4) is 5.82 Å². The molecule has 0 aliphatic carbocycles. The summed E-state index contributed by atoms with van der Waals surface area (Å²) in [5, 5.41) is 0. The zero-order chi connectivity index (χ0) is 20.7. The van der Waals surface area contributed by atoms with Crippen LogP contribution < -0.4 is 4.90 Å². The predicted octanol–water partition coefficient (Wildman–Crippen LogP) is 2.09. The molecule has 1 fully saturated rings. The smallest absolute Gasteiger partial charge is 0.245 e. The Labute approximate surface area is 178 Å². The van der Waals surface area contributed by atoms with E-state index in [1.165, 1.54) is 4.31 Å². The lowest BCUT2D eigenvalue weighted by atomic mass is 10.3. The molecular formula is C19H19N7O2S2. The van der Waals surface area contributed by atoms with Gasteiger partial charge in [0.1, 0.15) is 33.4 Å². The van der Waals surface area contributed by atoms with Crippen molar-refractivity contribution in [2.75, 3.05) is 31.1 Å². The molecule has 0 radical (unpaired) electrons. The number of nitrogens with zero attached hydrogens (tertiary/aromatic N) is 7. The molecule has 30 heavy (non-hydrogen) atoms. The number of aromatic nitrogens is 5. The highest BCUT2D eigenvalue weighted by atomic mass is 32.2. The first-order valence-corrected chi connectivity index (χ1v) is 11.6. The topological polar surface area (TPSA) is 97.1 Å². The van der Waals surface area contributed by atoms with Crippen LogP contribution in [0.15, 0.2) is 53.7 Å². The first-order valence-electron chi connectivity index (χ1n) is 9.48. The molecule has 0 atom stereocenters. The maximum atomic E-state index is 13.2. The van der Waals surface area contributed by atoms with Crippen LogP contribution in [0.2, 0.25) is 0 Å². The number of piperazine rings is 1. The van der Waals surface area contributed by atoms with E-state index in [-0.39, 0.29) is 4.90 Å². The van der Waals surface area contributed by atoms with E-state index in [0.29, 0.717) is 43.0 Å². The van der Waals surface area contributed by atoms with Crippen molar-refractivity contribution in [1.29, 1.82) is 0 Å². The van der Waals surface area contributed by atoms with E-state index in [4.69, 9.17) is 0 Å². The second-order valence-electron chi connectivity index (χ2n) is 7.00. The fourth-order valence-corrected chi connectivity index (χ4v) is 5.78. The van der Waals surface area contributed by atoms with Crippen molar-refractivity contribution in [3.63, 3.8) is 0 Å². The molecule has 0 spiro atoms. The second-order valence-corrected chi connectivity index (χ2v) is 9.44. The van der Waals surface area contributed by atoms with E-state index in [0.717, 1.165) is 23.4 Å². The first kappa shape index (κ1) is 19.1. The molecule has 9 nitrogen and oxygen atoms in total. The predicted molar refractivity (Wildman–Crippen MR) is 114 cm³/mol. The van der Waals surface area contributed by atoms with Crippen LogP contribution in [0, 0.1) is 6.92 Å². The van der Waals surface area contributed by atoms with Gasteiger partial charge in [-0.2, -0.15) is 13.1 Å². The summed E-state index contributed by atoms with van der Waals surface area (Å²) in [5.41, 5.74) is 1.04. The van der Waals surface area contributed by atoms with Crippen LogP contribution in [0.5, 0.6) is 0 Å². The van der Waals surface area contributed by atoms with Gasteiger partial charge in [0, 0.05) is 44.6 Å². The normalized spacial score (nSPS) is 15.7. The molecule has 0 saturated carbocycles. The zero-order valence-electron chi connectivity index (χ0n) is 16.2. The molecule has 1 aromatic carbocycles. The van der Waals surface area contributed by atoms with Crippen LogP contribution in [0.1, 0.15) is 5.82 Å². The Morgan fingerprint density at radius 2 is 1.67 bits per heavy atom. The first-order chi connectivity index (χ1) is 14.5. The minimum atomic E-state index is -3.64. The summed E-state index contributed by atoms with van der Waals surface area (Å²) in [6.45, 7) is 3.70. The highest BCUT2D eigenvalue weighted by molar-refractivity contribution is 7.89. The van der Waals surface area contributed by atoms with Crippen LogP contribution in [0.25, 0.3) is 16.9 Å². The zero-order valence-corrected chi connectivity index (χ0v) is 17.8. The molecule has 1 aliphatic heterocycles. The lowest BCUT2D eigenvalue weighted by Crippen LogP contribution is -2.49. The number of hydrogen-bond donors (Lipinski definition) is 0. The average molecular weight is 442 g/mol. The molecule has 11 heteroatoms. The monoisotopic (exact) mass is 441 g/mol. The molecule has 0 N–H and O–H groups in total. The van der Waals surface area contributed by atoms with E-state index in [1.807, 2.05) is 42.1 Å². The standard InChI is InChI=1S/C19H19N7O2S2/c1-14-20-17(24-7-2-3-8-24)13-18(21-14)25-9-11-26(12-10-25)30(27,28)16-6-4-5-15-19(16)23-29-22-15/h2-8,13H,9-12H2,1H3. The molecule has 154 valence electrons. The highest BCUT2D eigenvalue weighted by Crippen LogP contribution is 2.26. The third kappa shape index (κ3) is 3.34. The fourth-order valence-electron chi connectivity index (χ4n) is 3.60. The number of anilines is 1. The van der Waals surface area contributed by atoms with Crippen molar-refractivity contribution in [3.05, 3.63) is 54.6 Å². The van der Waals surface area contributed by atoms with Crippen molar-refractivity contribution < 1.29 is 8.42 Å². The summed E-state index contributed by atoms with van der Waals surface area (Å²) in [4.78, 5) is 11.4. The molecular weight excluding hydrogens is 422 g/mol. The minimum absolute atomic E-state index is 0.218. The van der Waals surface area contributed by atoms with Crippen LogP contribution >= 0.6 is 11.7 Å². The van der Waals surface area contributed by atoms with E-state index in [9.17, 15) is 8.42 Å². The summed E-state index contributed by atoms with van der Waals surface area (Å²) in [7, 11) is -3.64. The van der Waals surface area contributed by atoms with Gasteiger partial charge in [-0.1, -0.05) is 6.07 Å². The van der Waals surface area contributed by atoms with Gasteiger partial charge in [-0.05, 0) is 31.2 Å². The Balaban J connectivity index is 1.37. The van der Waals surface area contributed by atoms with Gasteiger partial charge in [0.25, 0.3) is 0 Å². The van der Waals surface area contributed by atoms with Gasteiger partial charge in [0.15, 0.2) is 0 Å². The van der Waals surface area contributed by atoms with E-state index >= 15 is 0 Å². The van der Waals surface area contributed by atoms with Gasteiger partial charge in [-0.25, -0.2) is 18.4 Å². The van der Waals surface area contributed by atoms with Crippen LogP contribution in [-0.4, -0.2) is 62.2 Å². The summed E-state index contributed by atoms with van der Waals surface area (Å²) < 4.78 is 38.2. The summed E-state index contributed by atoms with van der Waals surface area (Å²) in [5.74, 6) is 2.27. The molecule has 3 aromatic heterocycles. The van der Waals surface area contributed by atoms with Gasteiger partial charge in [-0.15, -0.1) is 0 Å². The number of sulfonamides is 1. The SMILES string of the molecule is Cc1nc(N2CCN(S(=O)(=O)c3cccc4nsnc34)CC2)cc(-n2cccc2)n1. The Morgan fingerprint density at radius 1 is 0.933 bits per heavy atom. The number of fused-ring (bicyclic) bond motifs is 1. The van der Waals surface area contributed by atoms with E-state index in [2.05, 4.69) is 23.6 Å². The third-order valence-electron chi connectivity index (χ3n) is 5.11. The lowest BCUT2D eigenvalue weighted by Gasteiger charge is -2.34. The third-order valence-corrected chi connectivity index (χ3v) is 7.58. The van der Waals surface area contributed by atoms with E-state index in [1.54, 1.807) is 18.2 Å². The molecule has 0 unspecified atom stereocenters. The van der Waals surface area contributed by atoms with Crippen LogP contribution in [-0.2, 0) is 10.0 Å². The van der Waals surface area contributed by atoms with Crippen molar-refractivity contribution in [2.45, 2.75) is 11.8 Å². The fraction of sp³-hybridized carbons (Fsp3) is 0.263. The van der Waals surface area contributed by atoms with Gasteiger partial charge in [-0.3, -0.25) is 0 Å². The molecule has 0 amide bonds. The van der Waals surface area contributed by atoms with Gasteiger partial charge >= 0.3 is 0 Å². The van der Waals surface area contributed by atoms with Crippen molar-refractivity contribution >= 4 is 38.6 Å². The molecule has 4 aromatic rings. The molecule has 0 bridgehead atoms.